The highest BCUT2D eigenvalue weighted by molar-refractivity contribution is 8.14. The number of nitrogens with one attached hydrogen (secondary N) is 1. The second kappa shape index (κ2) is 7.92. The molecule has 0 aliphatic carbocycles. The number of amidine groups is 1. The highest BCUT2D eigenvalue weighted by Crippen LogP contribution is 2.31. The van der Waals surface area contributed by atoms with E-state index in [2.05, 4.69) is 13.5 Å². The highest BCUT2D eigenvalue weighted by Gasteiger charge is 2.32. The summed E-state index contributed by atoms with van der Waals surface area (Å²) in [6.45, 7) is 8.79. The molecular formula is C14H26N2O2S. The standard InChI is InChI=1S/C14H26N2O2S/c1-5-7-16(4)14(15)19-13-9-11(17)8-12(18-13)10(3)6-2/h6,10-13,15,17H,2,5,7-9H2,1,3-4H3. The summed E-state index contributed by atoms with van der Waals surface area (Å²) >= 11 is 1.40. The molecule has 0 aromatic heterocycles. The van der Waals surface area contributed by atoms with Crippen LogP contribution in [0.1, 0.15) is 33.1 Å². The maximum Gasteiger partial charge on any atom is 0.158 e. The molecule has 0 spiro atoms. The molecule has 0 saturated carbocycles. The lowest BCUT2D eigenvalue weighted by Crippen LogP contribution is -2.38. The van der Waals surface area contributed by atoms with Gasteiger partial charge in [0.25, 0.3) is 0 Å². The lowest BCUT2D eigenvalue weighted by molar-refractivity contribution is -0.0725. The van der Waals surface area contributed by atoms with Crippen molar-refractivity contribution in [3.63, 3.8) is 0 Å². The largest absolute Gasteiger partial charge is 0.393 e. The molecule has 2 N–H and O–H groups in total. The molecule has 1 saturated heterocycles. The average molecular weight is 286 g/mol. The predicted molar refractivity (Wildman–Crippen MR) is 81.5 cm³/mol. The van der Waals surface area contributed by atoms with Crippen LogP contribution >= 0.6 is 11.8 Å². The molecule has 19 heavy (non-hydrogen) atoms. The van der Waals surface area contributed by atoms with E-state index in [-0.39, 0.29) is 23.6 Å². The Kier molecular flexibility index (Phi) is 6.89. The number of rotatable bonds is 5. The van der Waals surface area contributed by atoms with Gasteiger partial charge in [-0.3, -0.25) is 5.41 Å². The lowest BCUT2D eigenvalue weighted by Gasteiger charge is -2.35. The molecule has 0 bridgehead atoms. The molecule has 4 atom stereocenters. The second-order valence-corrected chi connectivity index (χ2v) is 6.32. The van der Waals surface area contributed by atoms with Crippen molar-refractivity contribution in [3.8, 4) is 0 Å². The molecule has 1 heterocycles. The topological polar surface area (TPSA) is 56.5 Å². The van der Waals surface area contributed by atoms with Crippen LogP contribution in [-0.4, -0.2) is 46.4 Å². The monoisotopic (exact) mass is 286 g/mol. The van der Waals surface area contributed by atoms with E-state index in [0.717, 1.165) is 13.0 Å². The van der Waals surface area contributed by atoms with Gasteiger partial charge < -0.3 is 14.7 Å². The quantitative estimate of drug-likeness (QED) is 0.463. The molecular weight excluding hydrogens is 260 g/mol. The summed E-state index contributed by atoms with van der Waals surface area (Å²) in [5.41, 5.74) is -0.136. The van der Waals surface area contributed by atoms with Gasteiger partial charge in [0.15, 0.2) is 5.17 Å². The smallest absolute Gasteiger partial charge is 0.158 e. The molecule has 5 heteroatoms. The third-order valence-electron chi connectivity index (χ3n) is 3.40. The van der Waals surface area contributed by atoms with Crippen LogP contribution in [0, 0.1) is 11.3 Å². The Morgan fingerprint density at radius 3 is 2.89 bits per heavy atom. The van der Waals surface area contributed by atoms with E-state index < -0.39 is 0 Å². The Balaban J connectivity index is 2.53. The summed E-state index contributed by atoms with van der Waals surface area (Å²) in [5, 5.41) is 18.5. The van der Waals surface area contributed by atoms with Gasteiger partial charge in [0, 0.05) is 32.4 Å². The summed E-state index contributed by atoms with van der Waals surface area (Å²) < 4.78 is 5.97. The molecule has 0 aromatic rings. The van der Waals surface area contributed by atoms with Gasteiger partial charge in [-0.25, -0.2) is 0 Å². The molecule has 0 radical (unpaired) electrons. The third-order valence-corrected chi connectivity index (χ3v) is 4.50. The van der Waals surface area contributed by atoms with Crippen molar-refractivity contribution in [1.82, 2.24) is 4.90 Å². The normalized spacial score (nSPS) is 28.7. The Bertz CT molecular complexity index is 312. The zero-order valence-corrected chi connectivity index (χ0v) is 12.9. The zero-order chi connectivity index (χ0) is 14.4. The van der Waals surface area contributed by atoms with E-state index in [9.17, 15) is 5.11 Å². The minimum Gasteiger partial charge on any atom is -0.393 e. The third kappa shape index (κ3) is 5.16. The Morgan fingerprint density at radius 1 is 1.63 bits per heavy atom. The first-order chi connectivity index (χ1) is 8.97. The van der Waals surface area contributed by atoms with Gasteiger partial charge in [0.2, 0.25) is 0 Å². The first kappa shape index (κ1) is 16.5. The summed E-state index contributed by atoms with van der Waals surface area (Å²) in [4.78, 5) is 1.92. The highest BCUT2D eigenvalue weighted by atomic mass is 32.2. The molecule has 4 unspecified atom stereocenters. The van der Waals surface area contributed by atoms with Crippen molar-refractivity contribution in [2.75, 3.05) is 13.6 Å². The van der Waals surface area contributed by atoms with Crippen LogP contribution in [0.3, 0.4) is 0 Å². The van der Waals surface area contributed by atoms with E-state index >= 15 is 0 Å². The van der Waals surface area contributed by atoms with E-state index in [1.807, 2.05) is 24.9 Å². The minimum absolute atomic E-state index is 0.00281. The number of nitrogens with zero attached hydrogens (tertiary/aromatic N) is 1. The van der Waals surface area contributed by atoms with Crippen molar-refractivity contribution in [2.45, 2.75) is 50.8 Å². The van der Waals surface area contributed by atoms with Crippen molar-refractivity contribution < 1.29 is 9.84 Å². The lowest BCUT2D eigenvalue weighted by atomic mass is 9.96. The summed E-state index contributed by atoms with van der Waals surface area (Å²) in [5.74, 6) is 0.223. The number of ether oxygens (including phenoxy) is 1. The Labute approximate surface area is 120 Å². The van der Waals surface area contributed by atoms with Gasteiger partial charge in [-0.1, -0.05) is 31.7 Å². The van der Waals surface area contributed by atoms with Crippen molar-refractivity contribution >= 4 is 16.9 Å². The SMILES string of the molecule is C=CC(C)C1CC(O)CC(SC(=N)N(C)CCC)O1. The summed E-state index contributed by atoms with van der Waals surface area (Å²) in [6, 6.07) is 0. The van der Waals surface area contributed by atoms with Crippen molar-refractivity contribution in [3.05, 3.63) is 12.7 Å². The van der Waals surface area contributed by atoms with Gasteiger partial charge in [-0.15, -0.1) is 6.58 Å². The van der Waals surface area contributed by atoms with Crippen LogP contribution in [0.25, 0.3) is 0 Å². The van der Waals surface area contributed by atoms with Gasteiger partial charge >= 0.3 is 0 Å². The zero-order valence-electron chi connectivity index (χ0n) is 12.1. The molecule has 0 aromatic carbocycles. The van der Waals surface area contributed by atoms with Gasteiger partial charge in [-0.05, 0) is 6.42 Å². The number of hydrogen-bond donors (Lipinski definition) is 2. The van der Waals surface area contributed by atoms with Gasteiger partial charge in [0.1, 0.15) is 5.44 Å². The number of hydrogen-bond acceptors (Lipinski definition) is 4. The van der Waals surface area contributed by atoms with Crippen LogP contribution in [0.4, 0.5) is 0 Å². The maximum absolute atomic E-state index is 9.94. The van der Waals surface area contributed by atoms with Crippen LogP contribution in [0.2, 0.25) is 0 Å². The maximum atomic E-state index is 9.94. The molecule has 1 aliphatic heterocycles. The first-order valence-electron chi connectivity index (χ1n) is 6.90. The van der Waals surface area contributed by atoms with Gasteiger partial charge in [0.05, 0.1) is 12.2 Å². The summed E-state index contributed by atoms with van der Waals surface area (Å²) in [7, 11) is 1.92. The molecule has 4 nitrogen and oxygen atoms in total. The molecule has 110 valence electrons. The number of aliphatic hydroxyl groups excluding tert-OH is 1. The average Bonchev–Trinajstić information content (AvgIpc) is 2.37. The molecule has 0 amide bonds. The minimum atomic E-state index is -0.345. The van der Waals surface area contributed by atoms with E-state index in [4.69, 9.17) is 10.1 Å². The Hall–Kier alpha value is -0.520. The van der Waals surface area contributed by atoms with E-state index in [1.54, 1.807) is 0 Å². The van der Waals surface area contributed by atoms with Crippen LogP contribution in [-0.2, 0) is 4.74 Å². The van der Waals surface area contributed by atoms with Gasteiger partial charge in [-0.2, -0.15) is 0 Å². The van der Waals surface area contributed by atoms with Crippen molar-refractivity contribution in [1.29, 1.82) is 5.41 Å². The first-order valence-corrected chi connectivity index (χ1v) is 7.78. The van der Waals surface area contributed by atoms with E-state index in [1.165, 1.54) is 11.8 Å². The molecule has 1 aliphatic rings. The Morgan fingerprint density at radius 2 is 2.32 bits per heavy atom. The fraction of sp³-hybridized carbons (Fsp3) is 0.786. The van der Waals surface area contributed by atoms with E-state index in [0.29, 0.717) is 18.0 Å². The summed E-state index contributed by atoms with van der Waals surface area (Å²) in [6.07, 6.45) is 3.78. The van der Waals surface area contributed by atoms with Crippen LogP contribution < -0.4 is 0 Å². The van der Waals surface area contributed by atoms with Crippen LogP contribution in [0.15, 0.2) is 12.7 Å². The van der Waals surface area contributed by atoms with Crippen LogP contribution in [0.5, 0.6) is 0 Å². The number of thioether (sulfide) groups is 1. The fourth-order valence-electron chi connectivity index (χ4n) is 2.11. The number of aliphatic hydroxyl groups is 1. The predicted octanol–water partition coefficient (Wildman–Crippen LogP) is 2.68. The fourth-order valence-corrected chi connectivity index (χ4v) is 3.15. The molecule has 1 rings (SSSR count). The molecule has 1 fully saturated rings. The van der Waals surface area contributed by atoms with Crippen molar-refractivity contribution in [2.24, 2.45) is 5.92 Å². The second-order valence-electron chi connectivity index (χ2n) is 5.17.